The van der Waals surface area contributed by atoms with E-state index >= 15 is 0 Å². The van der Waals surface area contributed by atoms with E-state index in [1.165, 1.54) is 5.56 Å². The fourth-order valence-corrected chi connectivity index (χ4v) is 3.01. The Morgan fingerprint density at radius 3 is 2.42 bits per heavy atom. The molecule has 3 heteroatoms. The molecule has 3 nitrogen and oxygen atoms in total. The summed E-state index contributed by atoms with van der Waals surface area (Å²) in [5.41, 5.74) is 7.57. The molecule has 19 heavy (non-hydrogen) atoms. The van der Waals surface area contributed by atoms with Gasteiger partial charge in [-0.3, -0.25) is 4.90 Å². The predicted octanol–water partition coefficient (Wildman–Crippen LogP) is 2.89. The molecule has 108 valence electrons. The minimum absolute atomic E-state index is 0.135. The summed E-state index contributed by atoms with van der Waals surface area (Å²) in [6.45, 7) is 9.67. The number of hydrogen-bond acceptors (Lipinski definition) is 3. The van der Waals surface area contributed by atoms with E-state index in [1.54, 1.807) is 7.11 Å². The second-order valence-electron chi connectivity index (χ2n) is 6.44. The lowest BCUT2D eigenvalue weighted by molar-refractivity contribution is 0.100. The average molecular weight is 264 g/mol. The summed E-state index contributed by atoms with van der Waals surface area (Å²) in [7, 11) is 3.83. The Morgan fingerprint density at radius 2 is 1.95 bits per heavy atom. The first-order chi connectivity index (χ1) is 8.75. The Kier molecular flexibility index (Phi) is 5.39. The average Bonchev–Trinajstić information content (AvgIpc) is 2.26. The lowest BCUT2D eigenvalue weighted by Gasteiger charge is -2.40. The van der Waals surface area contributed by atoms with E-state index in [4.69, 9.17) is 10.5 Å². The third-order valence-electron chi connectivity index (χ3n) is 3.43. The van der Waals surface area contributed by atoms with Gasteiger partial charge in [0.1, 0.15) is 5.75 Å². The molecular formula is C16H28N2O. The standard InChI is InChI=1S/C16H28N2O/c1-12(17)15(16(2,3)4)18(5)11-13-8-7-9-14(10-13)19-6/h7-10,12,15H,11,17H2,1-6H3. The SMILES string of the molecule is COc1cccc(CN(C)C(C(C)N)C(C)(C)C)c1. The van der Waals surface area contributed by atoms with Crippen LogP contribution in [0.1, 0.15) is 33.3 Å². The topological polar surface area (TPSA) is 38.5 Å². The quantitative estimate of drug-likeness (QED) is 0.888. The lowest BCUT2D eigenvalue weighted by Crippen LogP contribution is -2.51. The minimum Gasteiger partial charge on any atom is -0.497 e. The van der Waals surface area contributed by atoms with Crippen LogP contribution in [0.4, 0.5) is 0 Å². The van der Waals surface area contributed by atoms with Gasteiger partial charge in [0.05, 0.1) is 7.11 Å². The van der Waals surface area contributed by atoms with Gasteiger partial charge in [-0.15, -0.1) is 0 Å². The first-order valence-electron chi connectivity index (χ1n) is 6.84. The van der Waals surface area contributed by atoms with Gasteiger partial charge in [-0.1, -0.05) is 32.9 Å². The number of ether oxygens (including phenoxy) is 1. The predicted molar refractivity (Wildman–Crippen MR) is 81.4 cm³/mol. The Balaban J connectivity index is 2.84. The van der Waals surface area contributed by atoms with Crippen LogP contribution in [0.3, 0.4) is 0 Å². The lowest BCUT2D eigenvalue weighted by atomic mass is 9.82. The Bertz CT molecular complexity index is 396. The molecule has 0 bridgehead atoms. The van der Waals surface area contributed by atoms with Crippen LogP contribution >= 0.6 is 0 Å². The first kappa shape index (κ1) is 16.0. The normalized spacial score (nSPS) is 15.4. The van der Waals surface area contributed by atoms with Crippen LogP contribution in [0.5, 0.6) is 5.75 Å². The van der Waals surface area contributed by atoms with Crippen molar-refractivity contribution in [2.45, 2.75) is 46.3 Å². The van der Waals surface area contributed by atoms with Gasteiger partial charge in [0.2, 0.25) is 0 Å². The number of benzene rings is 1. The highest BCUT2D eigenvalue weighted by atomic mass is 16.5. The largest absolute Gasteiger partial charge is 0.497 e. The molecule has 0 aliphatic heterocycles. The van der Waals surface area contributed by atoms with Crippen LogP contribution in [0, 0.1) is 5.41 Å². The third-order valence-corrected chi connectivity index (χ3v) is 3.43. The number of rotatable bonds is 5. The van der Waals surface area contributed by atoms with Gasteiger partial charge in [0.15, 0.2) is 0 Å². The molecule has 0 saturated carbocycles. The Morgan fingerprint density at radius 1 is 1.32 bits per heavy atom. The maximum atomic E-state index is 6.17. The van der Waals surface area contributed by atoms with Crippen LogP contribution in [-0.2, 0) is 6.54 Å². The fraction of sp³-hybridized carbons (Fsp3) is 0.625. The summed E-state index contributed by atoms with van der Waals surface area (Å²) in [6.07, 6.45) is 0. The summed E-state index contributed by atoms with van der Waals surface area (Å²) >= 11 is 0. The first-order valence-corrected chi connectivity index (χ1v) is 6.84. The second kappa shape index (κ2) is 6.40. The van der Waals surface area contributed by atoms with Gasteiger partial charge >= 0.3 is 0 Å². The van der Waals surface area contributed by atoms with Crippen molar-refractivity contribution in [2.24, 2.45) is 11.1 Å². The number of hydrogen-bond donors (Lipinski definition) is 1. The molecule has 2 atom stereocenters. The molecule has 0 fully saturated rings. The van der Waals surface area contributed by atoms with Crippen LogP contribution in [0.2, 0.25) is 0 Å². The van der Waals surface area contributed by atoms with Gasteiger partial charge < -0.3 is 10.5 Å². The summed E-state index contributed by atoms with van der Waals surface area (Å²) in [4.78, 5) is 2.33. The molecule has 0 aromatic heterocycles. The molecule has 0 amide bonds. The molecule has 0 heterocycles. The highest BCUT2D eigenvalue weighted by Crippen LogP contribution is 2.27. The van der Waals surface area contributed by atoms with E-state index in [0.29, 0.717) is 6.04 Å². The van der Waals surface area contributed by atoms with Crippen molar-refractivity contribution in [1.82, 2.24) is 4.90 Å². The van der Waals surface area contributed by atoms with Gasteiger partial charge in [-0.05, 0) is 37.1 Å². The van der Waals surface area contributed by atoms with Gasteiger partial charge in [-0.25, -0.2) is 0 Å². The number of methoxy groups -OCH3 is 1. The highest BCUT2D eigenvalue weighted by molar-refractivity contribution is 5.28. The number of nitrogens with zero attached hydrogens (tertiary/aromatic N) is 1. The fourth-order valence-electron chi connectivity index (χ4n) is 3.01. The number of likely N-dealkylation sites (N-methyl/N-ethyl adjacent to an activating group) is 1. The summed E-state index contributed by atoms with van der Waals surface area (Å²) < 4.78 is 5.27. The van der Waals surface area contributed by atoms with Crippen molar-refractivity contribution < 1.29 is 4.74 Å². The maximum absolute atomic E-state index is 6.17. The Labute approximate surface area is 117 Å². The molecular weight excluding hydrogens is 236 g/mol. The van der Waals surface area contributed by atoms with Crippen molar-refractivity contribution in [3.8, 4) is 5.75 Å². The van der Waals surface area contributed by atoms with Gasteiger partial charge in [-0.2, -0.15) is 0 Å². The smallest absolute Gasteiger partial charge is 0.119 e. The molecule has 1 aromatic rings. The summed E-state index contributed by atoms with van der Waals surface area (Å²) in [5, 5.41) is 0. The second-order valence-corrected chi connectivity index (χ2v) is 6.44. The van der Waals surface area contributed by atoms with Crippen LogP contribution in [0.25, 0.3) is 0 Å². The molecule has 0 saturated heterocycles. The summed E-state index contributed by atoms with van der Waals surface area (Å²) in [6, 6.07) is 8.67. The van der Waals surface area contributed by atoms with Crippen LogP contribution in [-0.4, -0.2) is 31.1 Å². The molecule has 0 aliphatic carbocycles. The molecule has 0 radical (unpaired) electrons. The van der Waals surface area contributed by atoms with Gasteiger partial charge in [0.25, 0.3) is 0 Å². The number of nitrogens with two attached hydrogens (primary N) is 1. The van der Waals surface area contributed by atoms with Gasteiger partial charge in [0, 0.05) is 18.6 Å². The van der Waals surface area contributed by atoms with E-state index in [1.807, 2.05) is 12.1 Å². The van der Waals surface area contributed by atoms with E-state index in [-0.39, 0.29) is 11.5 Å². The van der Waals surface area contributed by atoms with Crippen molar-refractivity contribution in [1.29, 1.82) is 0 Å². The zero-order chi connectivity index (χ0) is 14.6. The third kappa shape index (κ3) is 4.51. The zero-order valence-corrected chi connectivity index (χ0v) is 13.1. The molecule has 0 aliphatic rings. The molecule has 1 rings (SSSR count). The van der Waals surface area contributed by atoms with E-state index in [2.05, 4.69) is 51.8 Å². The van der Waals surface area contributed by atoms with E-state index in [9.17, 15) is 0 Å². The van der Waals surface area contributed by atoms with E-state index < -0.39 is 0 Å². The zero-order valence-electron chi connectivity index (χ0n) is 13.1. The highest BCUT2D eigenvalue weighted by Gasteiger charge is 2.31. The van der Waals surface area contributed by atoms with E-state index in [0.717, 1.165) is 12.3 Å². The Hall–Kier alpha value is -1.06. The maximum Gasteiger partial charge on any atom is 0.119 e. The van der Waals surface area contributed by atoms with Crippen LogP contribution < -0.4 is 10.5 Å². The summed E-state index contributed by atoms with van der Waals surface area (Å²) in [5.74, 6) is 0.902. The van der Waals surface area contributed by atoms with Crippen LogP contribution in [0.15, 0.2) is 24.3 Å². The van der Waals surface area contributed by atoms with Crippen molar-refractivity contribution in [2.75, 3.05) is 14.2 Å². The van der Waals surface area contributed by atoms with Crippen molar-refractivity contribution in [3.63, 3.8) is 0 Å². The van der Waals surface area contributed by atoms with Crippen molar-refractivity contribution >= 4 is 0 Å². The molecule has 2 N–H and O–H groups in total. The monoisotopic (exact) mass is 264 g/mol. The molecule has 0 spiro atoms. The van der Waals surface area contributed by atoms with Crippen molar-refractivity contribution in [3.05, 3.63) is 29.8 Å². The molecule has 2 unspecified atom stereocenters. The minimum atomic E-state index is 0.135. The molecule has 1 aromatic carbocycles.